The van der Waals surface area contributed by atoms with Gasteiger partial charge in [-0.2, -0.15) is 8.78 Å². The van der Waals surface area contributed by atoms with Crippen LogP contribution >= 0.6 is 0 Å². The van der Waals surface area contributed by atoms with Gasteiger partial charge in [-0.05, 0) is 29.8 Å². The fourth-order valence-electron chi connectivity index (χ4n) is 2.94. The van der Waals surface area contributed by atoms with E-state index in [0.717, 1.165) is 10.2 Å². The first-order valence-electron chi connectivity index (χ1n) is 8.84. The molecule has 0 unspecified atom stereocenters. The van der Waals surface area contributed by atoms with Crippen molar-refractivity contribution in [2.45, 2.75) is 26.1 Å². The molecule has 0 spiro atoms. The Labute approximate surface area is 164 Å². The summed E-state index contributed by atoms with van der Waals surface area (Å²) in [5.74, 6) is -0.198. The van der Waals surface area contributed by atoms with Crippen LogP contribution in [-0.4, -0.2) is 34.2 Å². The summed E-state index contributed by atoms with van der Waals surface area (Å²) in [6.45, 7) is -2.60. The molecule has 1 heterocycles. The van der Waals surface area contributed by atoms with E-state index in [1.165, 1.54) is 17.0 Å². The largest absolute Gasteiger partial charge is 0.435 e. The van der Waals surface area contributed by atoms with Crippen LogP contribution in [0, 0.1) is 0 Å². The number of nitrogens with one attached hydrogen (secondary N) is 1. The summed E-state index contributed by atoms with van der Waals surface area (Å²) in [5.41, 5.74) is -0.0314. The van der Waals surface area contributed by atoms with Crippen LogP contribution in [0.5, 0.6) is 5.75 Å². The van der Waals surface area contributed by atoms with E-state index in [9.17, 15) is 23.2 Å². The Morgan fingerprint density at radius 2 is 1.76 bits per heavy atom. The molecule has 1 aromatic heterocycles. The fraction of sp³-hybridized carbons (Fsp3) is 0.250. The lowest BCUT2D eigenvalue weighted by atomic mass is 10.2. The molecule has 0 saturated carbocycles. The third kappa shape index (κ3) is 4.87. The molecule has 7 nitrogen and oxygen atoms in total. The van der Waals surface area contributed by atoms with E-state index in [4.69, 9.17) is 0 Å². The Balaban J connectivity index is 1.63. The van der Waals surface area contributed by atoms with Crippen LogP contribution < -0.4 is 15.9 Å². The normalized spacial score (nSPS) is 11.0. The van der Waals surface area contributed by atoms with Gasteiger partial charge in [0.1, 0.15) is 5.75 Å². The van der Waals surface area contributed by atoms with Crippen molar-refractivity contribution in [2.75, 3.05) is 7.05 Å². The minimum Gasteiger partial charge on any atom is -0.435 e. The Morgan fingerprint density at radius 1 is 1.10 bits per heavy atom. The fourth-order valence-corrected chi connectivity index (χ4v) is 2.94. The highest BCUT2D eigenvalue weighted by Crippen LogP contribution is 2.16. The van der Waals surface area contributed by atoms with Crippen molar-refractivity contribution in [3.63, 3.8) is 0 Å². The summed E-state index contributed by atoms with van der Waals surface area (Å²) >= 11 is 0. The maximum absolute atomic E-state index is 12.5. The molecule has 1 amide bonds. The molecule has 0 aliphatic heterocycles. The van der Waals surface area contributed by atoms with Crippen molar-refractivity contribution < 1.29 is 18.3 Å². The predicted molar refractivity (Wildman–Crippen MR) is 103 cm³/mol. The lowest BCUT2D eigenvalue weighted by Crippen LogP contribution is -2.33. The van der Waals surface area contributed by atoms with Crippen molar-refractivity contribution >= 4 is 16.7 Å². The van der Waals surface area contributed by atoms with Crippen LogP contribution in [0.25, 0.3) is 10.8 Å². The van der Waals surface area contributed by atoms with E-state index in [1.807, 2.05) is 0 Å². The molecule has 152 valence electrons. The number of alkyl halides is 2. The van der Waals surface area contributed by atoms with E-state index >= 15 is 0 Å². The second-order valence-electron chi connectivity index (χ2n) is 6.47. The number of carbonyl (C=O) groups is 1. The highest BCUT2D eigenvalue weighted by molar-refractivity contribution is 5.80. The van der Waals surface area contributed by atoms with Crippen molar-refractivity contribution in [3.8, 4) is 5.75 Å². The standard InChI is InChI=1S/C20H19F2N3O4/c1-24(12-13-6-8-14(9-7-13)29-20(21)22)17(26)10-11-25-19(28)16-5-3-2-4-15(16)18(27)23-25/h2-9,20H,10-12H2,1H3,(H,23,27). The molecular weight excluding hydrogens is 384 g/mol. The van der Waals surface area contributed by atoms with E-state index < -0.39 is 12.2 Å². The molecule has 1 N–H and O–H groups in total. The minimum atomic E-state index is -2.89. The summed E-state index contributed by atoms with van der Waals surface area (Å²) in [4.78, 5) is 38.4. The van der Waals surface area contributed by atoms with Crippen molar-refractivity contribution in [2.24, 2.45) is 0 Å². The number of hydrogen-bond donors (Lipinski definition) is 1. The van der Waals surface area contributed by atoms with Gasteiger partial charge >= 0.3 is 6.61 Å². The average molecular weight is 403 g/mol. The zero-order valence-corrected chi connectivity index (χ0v) is 15.6. The van der Waals surface area contributed by atoms with Crippen molar-refractivity contribution in [1.82, 2.24) is 14.7 Å². The van der Waals surface area contributed by atoms with E-state index in [-0.39, 0.29) is 36.7 Å². The monoisotopic (exact) mass is 403 g/mol. The molecule has 9 heteroatoms. The van der Waals surface area contributed by atoms with Gasteiger partial charge in [0.05, 0.1) is 17.3 Å². The molecule has 0 bridgehead atoms. The Morgan fingerprint density at radius 3 is 2.41 bits per heavy atom. The van der Waals surface area contributed by atoms with Crippen LogP contribution in [0.3, 0.4) is 0 Å². The number of carbonyl (C=O) groups excluding carboxylic acids is 1. The number of rotatable bonds is 7. The third-order valence-corrected chi connectivity index (χ3v) is 4.43. The zero-order chi connectivity index (χ0) is 21.0. The first-order valence-corrected chi connectivity index (χ1v) is 8.84. The smallest absolute Gasteiger partial charge is 0.387 e. The number of aryl methyl sites for hydroxylation is 1. The minimum absolute atomic E-state index is 0.0112. The van der Waals surface area contributed by atoms with Crippen LogP contribution in [0.15, 0.2) is 58.1 Å². The molecule has 2 aromatic carbocycles. The number of amides is 1. The SMILES string of the molecule is CN(Cc1ccc(OC(F)F)cc1)C(=O)CCn1[nH]c(=O)c2ccccc2c1=O. The second kappa shape index (κ2) is 8.68. The highest BCUT2D eigenvalue weighted by atomic mass is 19.3. The summed E-state index contributed by atoms with van der Waals surface area (Å²) < 4.78 is 29.8. The van der Waals surface area contributed by atoms with Crippen molar-refractivity contribution in [3.05, 3.63) is 74.8 Å². The number of aromatic nitrogens is 2. The van der Waals surface area contributed by atoms with Gasteiger partial charge in [0.15, 0.2) is 0 Å². The van der Waals surface area contributed by atoms with Crippen LogP contribution in [0.1, 0.15) is 12.0 Å². The zero-order valence-electron chi connectivity index (χ0n) is 15.6. The molecule has 0 aliphatic carbocycles. The van der Waals surface area contributed by atoms with Crippen LogP contribution in [0.4, 0.5) is 8.78 Å². The molecule has 0 atom stereocenters. The quantitative estimate of drug-likeness (QED) is 0.656. The number of fused-ring (bicyclic) bond motifs is 1. The van der Waals surface area contributed by atoms with E-state index in [0.29, 0.717) is 10.8 Å². The Bertz CT molecular complexity index is 1120. The number of halogens is 2. The van der Waals surface area contributed by atoms with Gasteiger partial charge in [-0.1, -0.05) is 24.3 Å². The van der Waals surface area contributed by atoms with E-state index in [1.54, 1.807) is 43.4 Å². The molecule has 0 fully saturated rings. The molecule has 0 radical (unpaired) electrons. The Kier molecular flexibility index (Phi) is 6.06. The summed E-state index contributed by atoms with van der Waals surface area (Å²) in [7, 11) is 1.60. The molecule has 3 aromatic rings. The van der Waals surface area contributed by atoms with Crippen LogP contribution in [0.2, 0.25) is 0 Å². The topological polar surface area (TPSA) is 84.4 Å². The maximum Gasteiger partial charge on any atom is 0.387 e. The lowest BCUT2D eigenvalue weighted by molar-refractivity contribution is -0.130. The highest BCUT2D eigenvalue weighted by Gasteiger charge is 2.12. The first-order chi connectivity index (χ1) is 13.8. The van der Waals surface area contributed by atoms with Crippen LogP contribution in [-0.2, 0) is 17.9 Å². The number of ether oxygens (including phenoxy) is 1. The molecule has 0 saturated heterocycles. The van der Waals surface area contributed by atoms with Gasteiger partial charge in [-0.15, -0.1) is 0 Å². The van der Waals surface area contributed by atoms with Gasteiger partial charge in [-0.25, -0.2) is 4.68 Å². The van der Waals surface area contributed by atoms with Gasteiger partial charge in [-0.3, -0.25) is 19.5 Å². The van der Waals surface area contributed by atoms with Gasteiger partial charge < -0.3 is 9.64 Å². The Hall–Kier alpha value is -3.49. The average Bonchev–Trinajstić information content (AvgIpc) is 2.70. The van der Waals surface area contributed by atoms with Gasteiger partial charge in [0.2, 0.25) is 5.91 Å². The number of H-pyrrole nitrogens is 1. The lowest BCUT2D eigenvalue weighted by Gasteiger charge is -2.18. The number of hydrogen-bond acceptors (Lipinski definition) is 4. The number of nitrogens with zero attached hydrogens (tertiary/aromatic N) is 2. The molecule has 3 rings (SSSR count). The number of benzene rings is 2. The van der Waals surface area contributed by atoms with Gasteiger partial charge in [0, 0.05) is 20.0 Å². The van der Waals surface area contributed by atoms with Gasteiger partial charge in [0.25, 0.3) is 11.1 Å². The molecular formula is C20H19F2N3O4. The maximum atomic E-state index is 12.5. The summed E-state index contributed by atoms with van der Waals surface area (Å²) in [5, 5.41) is 3.08. The van der Waals surface area contributed by atoms with Crippen molar-refractivity contribution in [1.29, 1.82) is 0 Å². The third-order valence-electron chi connectivity index (χ3n) is 4.43. The van der Waals surface area contributed by atoms with E-state index in [2.05, 4.69) is 9.84 Å². The summed E-state index contributed by atoms with van der Waals surface area (Å²) in [6.07, 6.45) is 0.0112. The predicted octanol–water partition coefficient (Wildman–Crippen LogP) is 2.34. The molecule has 0 aliphatic rings. The second-order valence-corrected chi connectivity index (χ2v) is 6.47. The number of aromatic amines is 1. The molecule has 29 heavy (non-hydrogen) atoms. The summed E-state index contributed by atoms with van der Waals surface area (Å²) in [6, 6.07) is 12.5. The first kappa shape index (κ1) is 20.2.